The highest BCUT2D eigenvalue weighted by atomic mass is 127. The number of nitrogens with zero attached hydrogens (tertiary/aromatic N) is 2. The third-order valence-corrected chi connectivity index (χ3v) is 5.77. The van der Waals surface area contributed by atoms with E-state index < -0.39 is 0 Å². The van der Waals surface area contributed by atoms with Gasteiger partial charge in [0.05, 0.1) is 31.9 Å². The second kappa shape index (κ2) is 15.5. The van der Waals surface area contributed by atoms with Gasteiger partial charge >= 0.3 is 0 Å². The second-order valence-electron chi connectivity index (χ2n) is 8.62. The van der Waals surface area contributed by atoms with Crippen molar-refractivity contribution in [3.63, 3.8) is 0 Å². The molecule has 0 aliphatic carbocycles. The number of aliphatic imine (C=N–C) groups is 1. The first-order valence-electron chi connectivity index (χ1n) is 11.7. The number of rotatable bonds is 9. The molecule has 1 aromatic rings. The molecule has 2 aliphatic heterocycles. The summed E-state index contributed by atoms with van der Waals surface area (Å²) in [4.78, 5) is 18.2. The monoisotopic (exact) mass is 574 g/mol. The molecule has 0 radical (unpaired) electrons. The van der Waals surface area contributed by atoms with Crippen LogP contribution in [-0.2, 0) is 32.2 Å². The molecular formula is C24H39IN4O4. The number of hydrogen-bond donors (Lipinski definition) is 2. The topological polar surface area (TPSA) is 84.4 Å². The molecule has 9 heteroatoms. The van der Waals surface area contributed by atoms with Crippen molar-refractivity contribution in [1.29, 1.82) is 0 Å². The fourth-order valence-electron chi connectivity index (χ4n) is 3.64. The molecule has 186 valence electrons. The van der Waals surface area contributed by atoms with Crippen LogP contribution in [0, 0.1) is 0 Å². The maximum absolute atomic E-state index is 12.0. The summed E-state index contributed by atoms with van der Waals surface area (Å²) in [6.45, 7) is 4.43. The SMILES string of the molecule is CN(C)C(=O)CNC(=NCc1ccc(COC2CCOCC2)cc1)NCC1CCCCO1.I. The Morgan fingerprint density at radius 3 is 2.45 bits per heavy atom. The second-order valence-corrected chi connectivity index (χ2v) is 8.62. The number of hydrogen-bond acceptors (Lipinski definition) is 5. The minimum atomic E-state index is 0. The molecular weight excluding hydrogens is 535 g/mol. The Bertz CT molecular complexity index is 718. The molecule has 2 saturated heterocycles. The molecule has 0 saturated carbocycles. The van der Waals surface area contributed by atoms with Crippen LogP contribution in [0.25, 0.3) is 0 Å². The molecule has 0 aromatic heterocycles. The molecule has 1 unspecified atom stereocenters. The van der Waals surface area contributed by atoms with Crippen LogP contribution < -0.4 is 10.6 Å². The summed E-state index contributed by atoms with van der Waals surface area (Å²) < 4.78 is 17.2. The van der Waals surface area contributed by atoms with Gasteiger partial charge in [-0.15, -0.1) is 24.0 Å². The normalized spacial score (nSPS) is 19.5. The van der Waals surface area contributed by atoms with Gasteiger partial charge in [-0.1, -0.05) is 24.3 Å². The zero-order chi connectivity index (χ0) is 22.6. The van der Waals surface area contributed by atoms with Crippen molar-refractivity contribution in [3.8, 4) is 0 Å². The Balaban J connectivity index is 0.00000385. The highest BCUT2D eigenvalue weighted by Crippen LogP contribution is 2.14. The molecule has 0 bridgehead atoms. The van der Waals surface area contributed by atoms with Crippen molar-refractivity contribution < 1.29 is 19.0 Å². The quantitative estimate of drug-likeness (QED) is 0.268. The number of amides is 1. The van der Waals surface area contributed by atoms with Gasteiger partial charge in [0.15, 0.2) is 5.96 Å². The van der Waals surface area contributed by atoms with Crippen LogP contribution in [0.1, 0.15) is 43.2 Å². The smallest absolute Gasteiger partial charge is 0.241 e. The lowest BCUT2D eigenvalue weighted by Crippen LogP contribution is -2.45. The summed E-state index contributed by atoms with van der Waals surface area (Å²) in [6, 6.07) is 8.35. The predicted octanol–water partition coefficient (Wildman–Crippen LogP) is 2.69. The maximum atomic E-state index is 12.0. The average molecular weight is 575 g/mol. The van der Waals surface area contributed by atoms with Crippen LogP contribution in [0.2, 0.25) is 0 Å². The molecule has 3 rings (SSSR count). The lowest BCUT2D eigenvalue weighted by molar-refractivity contribution is -0.127. The fraction of sp³-hybridized carbons (Fsp3) is 0.667. The molecule has 2 N–H and O–H groups in total. The van der Waals surface area contributed by atoms with Crippen molar-refractivity contribution in [2.75, 3.05) is 47.0 Å². The van der Waals surface area contributed by atoms with Crippen LogP contribution in [0.5, 0.6) is 0 Å². The van der Waals surface area contributed by atoms with E-state index in [-0.39, 0.29) is 42.5 Å². The van der Waals surface area contributed by atoms with E-state index in [1.807, 2.05) is 0 Å². The molecule has 8 nitrogen and oxygen atoms in total. The predicted molar refractivity (Wildman–Crippen MR) is 140 cm³/mol. The summed E-state index contributed by atoms with van der Waals surface area (Å²) >= 11 is 0. The van der Waals surface area contributed by atoms with E-state index in [1.54, 1.807) is 19.0 Å². The Kier molecular flexibility index (Phi) is 13.0. The molecule has 1 atom stereocenters. The van der Waals surface area contributed by atoms with Crippen molar-refractivity contribution in [3.05, 3.63) is 35.4 Å². The first-order chi connectivity index (χ1) is 15.6. The van der Waals surface area contributed by atoms with Crippen LogP contribution >= 0.6 is 24.0 Å². The molecule has 1 aromatic carbocycles. The zero-order valence-electron chi connectivity index (χ0n) is 19.9. The summed E-state index contributed by atoms with van der Waals surface area (Å²) in [7, 11) is 3.49. The van der Waals surface area contributed by atoms with Gasteiger partial charge in [-0.05, 0) is 43.2 Å². The Labute approximate surface area is 214 Å². The first kappa shape index (κ1) is 27.8. The number of guanidine groups is 1. The first-order valence-corrected chi connectivity index (χ1v) is 11.7. The van der Waals surface area contributed by atoms with Crippen molar-refractivity contribution in [1.82, 2.24) is 15.5 Å². The van der Waals surface area contributed by atoms with E-state index in [2.05, 4.69) is 39.9 Å². The van der Waals surface area contributed by atoms with E-state index >= 15 is 0 Å². The van der Waals surface area contributed by atoms with Gasteiger partial charge in [0, 0.05) is 40.5 Å². The van der Waals surface area contributed by atoms with Crippen molar-refractivity contribution >= 4 is 35.8 Å². The van der Waals surface area contributed by atoms with Crippen molar-refractivity contribution in [2.24, 2.45) is 4.99 Å². The molecule has 0 spiro atoms. The van der Waals surface area contributed by atoms with Gasteiger partial charge in [-0.3, -0.25) is 4.79 Å². The number of likely N-dealkylation sites (N-methyl/N-ethyl adjacent to an activating group) is 1. The largest absolute Gasteiger partial charge is 0.381 e. The number of halogens is 1. The van der Waals surface area contributed by atoms with E-state index in [4.69, 9.17) is 14.2 Å². The summed E-state index contributed by atoms with van der Waals surface area (Å²) in [6.07, 6.45) is 5.80. The minimum absolute atomic E-state index is 0. The van der Waals surface area contributed by atoms with Gasteiger partial charge < -0.3 is 29.7 Å². The third-order valence-electron chi connectivity index (χ3n) is 5.77. The standard InChI is InChI=1S/C24H38N4O4.HI/c1-28(2)23(29)17-27-24(26-16-22-5-3-4-12-31-22)25-15-19-6-8-20(9-7-19)18-32-21-10-13-30-14-11-21;/h6-9,21-22H,3-5,10-18H2,1-2H3,(H2,25,26,27);1H. The van der Waals surface area contributed by atoms with Crippen LogP contribution in [0.3, 0.4) is 0 Å². The van der Waals surface area contributed by atoms with Crippen LogP contribution in [0.4, 0.5) is 0 Å². The Hall–Kier alpha value is -1.43. The van der Waals surface area contributed by atoms with Gasteiger partial charge in [-0.25, -0.2) is 4.99 Å². The van der Waals surface area contributed by atoms with Crippen molar-refractivity contribution in [2.45, 2.75) is 57.5 Å². The lowest BCUT2D eigenvalue weighted by atomic mass is 10.1. The molecule has 2 fully saturated rings. The van der Waals surface area contributed by atoms with Crippen LogP contribution in [0.15, 0.2) is 29.3 Å². The van der Waals surface area contributed by atoms with E-state index in [1.165, 1.54) is 6.42 Å². The highest BCUT2D eigenvalue weighted by molar-refractivity contribution is 14.0. The summed E-state index contributed by atoms with van der Waals surface area (Å²) in [5.41, 5.74) is 2.26. The van der Waals surface area contributed by atoms with Gasteiger partial charge in [0.25, 0.3) is 0 Å². The van der Waals surface area contributed by atoms with E-state index in [0.717, 1.165) is 56.6 Å². The highest BCUT2D eigenvalue weighted by Gasteiger charge is 2.15. The van der Waals surface area contributed by atoms with E-state index in [0.29, 0.717) is 31.8 Å². The average Bonchev–Trinajstić information content (AvgIpc) is 2.84. The number of benzene rings is 1. The Morgan fingerprint density at radius 1 is 1.06 bits per heavy atom. The molecule has 2 aliphatic rings. The molecule has 1 amide bonds. The molecule has 2 heterocycles. The van der Waals surface area contributed by atoms with E-state index in [9.17, 15) is 4.79 Å². The van der Waals surface area contributed by atoms with Gasteiger partial charge in [-0.2, -0.15) is 0 Å². The number of carbonyl (C=O) groups excluding carboxylic acids is 1. The number of ether oxygens (including phenoxy) is 3. The third kappa shape index (κ3) is 10.6. The number of carbonyl (C=O) groups is 1. The van der Waals surface area contributed by atoms with Gasteiger partial charge in [0.1, 0.15) is 0 Å². The van der Waals surface area contributed by atoms with Crippen LogP contribution in [-0.4, -0.2) is 76.0 Å². The van der Waals surface area contributed by atoms with Gasteiger partial charge in [0.2, 0.25) is 5.91 Å². The lowest BCUT2D eigenvalue weighted by Gasteiger charge is -2.24. The maximum Gasteiger partial charge on any atom is 0.241 e. The summed E-state index contributed by atoms with van der Waals surface area (Å²) in [5.74, 6) is 0.628. The fourth-order valence-corrected chi connectivity index (χ4v) is 3.64. The zero-order valence-corrected chi connectivity index (χ0v) is 22.2. The molecule has 33 heavy (non-hydrogen) atoms. The minimum Gasteiger partial charge on any atom is -0.381 e. The Morgan fingerprint density at radius 2 is 1.79 bits per heavy atom. The summed E-state index contributed by atoms with van der Waals surface area (Å²) in [5, 5.41) is 6.48. The number of nitrogens with one attached hydrogen (secondary N) is 2.